The van der Waals surface area contributed by atoms with Crippen LogP contribution in [0.5, 0.6) is 0 Å². The molecule has 4 nitrogen and oxygen atoms in total. The lowest BCUT2D eigenvalue weighted by Crippen LogP contribution is -2.32. The van der Waals surface area contributed by atoms with Gasteiger partial charge in [-0.05, 0) is 37.3 Å². The molecule has 0 spiro atoms. The first kappa shape index (κ1) is 13.1. The van der Waals surface area contributed by atoms with Crippen molar-refractivity contribution in [3.05, 3.63) is 35.9 Å². The summed E-state index contributed by atoms with van der Waals surface area (Å²) in [7, 11) is 0. The number of nitrogens with one attached hydrogen (secondary N) is 1. The van der Waals surface area contributed by atoms with E-state index in [-0.39, 0.29) is 6.10 Å². The number of hydrogen-bond acceptors (Lipinski definition) is 3. The molecule has 0 bridgehead atoms. The van der Waals surface area contributed by atoms with E-state index in [1.165, 1.54) is 0 Å². The minimum atomic E-state index is -0.861. The van der Waals surface area contributed by atoms with E-state index in [4.69, 9.17) is 0 Å². The third kappa shape index (κ3) is 3.31. The summed E-state index contributed by atoms with van der Waals surface area (Å²) in [6.45, 7) is 0.642. The number of aliphatic hydroxyl groups is 1. The molecular weight excluding hydrogens is 230 g/mol. The number of hydrogen-bond donors (Lipinski definition) is 3. The van der Waals surface area contributed by atoms with E-state index in [0.29, 0.717) is 12.5 Å². The van der Waals surface area contributed by atoms with Crippen LogP contribution in [0.2, 0.25) is 0 Å². The highest BCUT2D eigenvalue weighted by atomic mass is 16.4. The van der Waals surface area contributed by atoms with Crippen molar-refractivity contribution in [1.82, 2.24) is 5.32 Å². The van der Waals surface area contributed by atoms with E-state index in [9.17, 15) is 15.0 Å². The van der Waals surface area contributed by atoms with Gasteiger partial charge in [-0.15, -0.1) is 0 Å². The van der Waals surface area contributed by atoms with Crippen molar-refractivity contribution in [2.24, 2.45) is 5.92 Å². The Labute approximate surface area is 107 Å². The van der Waals surface area contributed by atoms with Gasteiger partial charge >= 0.3 is 5.97 Å². The molecule has 1 fully saturated rings. The monoisotopic (exact) mass is 249 g/mol. The molecule has 4 heteroatoms. The highest BCUT2D eigenvalue weighted by Gasteiger charge is 2.25. The summed E-state index contributed by atoms with van der Waals surface area (Å²) in [5.41, 5.74) is 0.767. The molecule has 0 radical (unpaired) electrons. The number of aliphatic carboxylic acids is 1. The summed E-state index contributed by atoms with van der Waals surface area (Å²) in [5.74, 6) is -0.481. The first-order chi connectivity index (χ1) is 8.66. The highest BCUT2D eigenvalue weighted by Crippen LogP contribution is 2.25. The zero-order valence-corrected chi connectivity index (χ0v) is 10.2. The average Bonchev–Trinajstić information content (AvgIpc) is 2.76. The molecule has 1 aliphatic carbocycles. The molecule has 0 aliphatic heterocycles. The van der Waals surface area contributed by atoms with Crippen molar-refractivity contribution in [2.75, 3.05) is 6.54 Å². The van der Waals surface area contributed by atoms with Crippen molar-refractivity contribution in [3.8, 4) is 0 Å². The average molecular weight is 249 g/mol. The van der Waals surface area contributed by atoms with Gasteiger partial charge in [-0.25, -0.2) is 0 Å². The fraction of sp³-hybridized carbons (Fsp3) is 0.500. The maximum atomic E-state index is 11.3. The SMILES string of the molecule is O=C(O)C(NCC1CCC(O)C1)c1ccccc1. The Morgan fingerprint density at radius 3 is 2.61 bits per heavy atom. The van der Waals surface area contributed by atoms with Crippen LogP contribution in [0.3, 0.4) is 0 Å². The topological polar surface area (TPSA) is 69.6 Å². The molecule has 2 rings (SSSR count). The lowest BCUT2D eigenvalue weighted by atomic mass is 10.0. The molecule has 98 valence electrons. The Hall–Kier alpha value is -1.39. The van der Waals surface area contributed by atoms with Gasteiger partial charge in [0.25, 0.3) is 0 Å². The zero-order valence-electron chi connectivity index (χ0n) is 10.2. The van der Waals surface area contributed by atoms with Gasteiger partial charge in [-0.1, -0.05) is 30.3 Å². The minimum Gasteiger partial charge on any atom is -0.480 e. The number of rotatable bonds is 5. The van der Waals surface area contributed by atoms with E-state index in [1.807, 2.05) is 30.3 Å². The smallest absolute Gasteiger partial charge is 0.325 e. The van der Waals surface area contributed by atoms with Gasteiger partial charge in [0.1, 0.15) is 6.04 Å². The van der Waals surface area contributed by atoms with E-state index < -0.39 is 12.0 Å². The number of carbonyl (C=O) groups is 1. The molecule has 0 aromatic heterocycles. The highest BCUT2D eigenvalue weighted by molar-refractivity contribution is 5.75. The minimum absolute atomic E-state index is 0.211. The summed E-state index contributed by atoms with van der Waals surface area (Å²) in [6, 6.07) is 8.52. The van der Waals surface area contributed by atoms with E-state index in [0.717, 1.165) is 24.8 Å². The predicted octanol–water partition coefficient (Wildman–Crippen LogP) is 1.56. The number of benzene rings is 1. The summed E-state index contributed by atoms with van der Waals surface area (Å²) >= 11 is 0. The van der Waals surface area contributed by atoms with Crippen molar-refractivity contribution in [1.29, 1.82) is 0 Å². The molecule has 1 aromatic carbocycles. The first-order valence-corrected chi connectivity index (χ1v) is 6.36. The second-order valence-electron chi connectivity index (χ2n) is 4.92. The first-order valence-electron chi connectivity index (χ1n) is 6.36. The zero-order chi connectivity index (χ0) is 13.0. The van der Waals surface area contributed by atoms with E-state index in [1.54, 1.807) is 0 Å². The summed E-state index contributed by atoms with van der Waals surface area (Å²) < 4.78 is 0. The molecule has 1 saturated carbocycles. The van der Waals surface area contributed by atoms with Crippen LogP contribution in [0.4, 0.5) is 0 Å². The van der Waals surface area contributed by atoms with Crippen LogP contribution in [0.1, 0.15) is 30.9 Å². The Kier molecular flexibility index (Phi) is 4.33. The lowest BCUT2D eigenvalue weighted by molar-refractivity contribution is -0.139. The van der Waals surface area contributed by atoms with Gasteiger partial charge in [0, 0.05) is 0 Å². The van der Waals surface area contributed by atoms with Crippen LogP contribution < -0.4 is 5.32 Å². The normalized spacial score (nSPS) is 24.9. The molecular formula is C14H19NO3. The van der Waals surface area contributed by atoms with E-state index in [2.05, 4.69) is 5.32 Å². The van der Waals surface area contributed by atoms with Gasteiger partial charge < -0.3 is 15.5 Å². The molecule has 1 aliphatic rings. The van der Waals surface area contributed by atoms with Crippen LogP contribution >= 0.6 is 0 Å². The van der Waals surface area contributed by atoms with Gasteiger partial charge in [0.2, 0.25) is 0 Å². The fourth-order valence-corrected chi connectivity index (χ4v) is 2.51. The van der Waals surface area contributed by atoms with Gasteiger partial charge in [-0.3, -0.25) is 4.79 Å². The molecule has 3 N–H and O–H groups in total. The van der Waals surface area contributed by atoms with Crippen molar-refractivity contribution < 1.29 is 15.0 Å². The lowest BCUT2D eigenvalue weighted by Gasteiger charge is -2.17. The molecule has 0 amide bonds. The van der Waals surface area contributed by atoms with Crippen LogP contribution in [0, 0.1) is 5.92 Å². The van der Waals surface area contributed by atoms with Crippen molar-refractivity contribution >= 4 is 5.97 Å². The number of carboxylic acids is 1. The maximum absolute atomic E-state index is 11.3. The predicted molar refractivity (Wildman–Crippen MR) is 68.2 cm³/mol. The Balaban J connectivity index is 1.93. The van der Waals surface area contributed by atoms with Gasteiger partial charge in [-0.2, -0.15) is 0 Å². The van der Waals surface area contributed by atoms with Crippen molar-refractivity contribution in [3.63, 3.8) is 0 Å². The quantitative estimate of drug-likeness (QED) is 0.740. The Morgan fingerprint density at radius 2 is 2.06 bits per heavy atom. The fourth-order valence-electron chi connectivity index (χ4n) is 2.51. The molecule has 18 heavy (non-hydrogen) atoms. The molecule has 0 saturated heterocycles. The van der Waals surface area contributed by atoms with Crippen LogP contribution in [-0.4, -0.2) is 28.8 Å². The standard InChI is InChI=1S/C14H19NO3/c16-12-7-6-10(8-12)9-15-13(14(17)18)11-4-2-1-3-5-11/h1-5,10,12-13,15-16H,6-9H2,(H,17,18). The Bertz CT molecular complexity index is 393. The van der Waals surface area contributed by atoms with Crippen LogP contribution in [0.15, 0.2) is 30.3 Å². The molecule has 3 atom stereocenters. The van der Waals surface area contributed by atoms with Crippen molar-refractivity contribution in [2.45, 2.75) is 31.4 Å². The largest absolute Gasteiger partial charge is 0.480 e. The van der Waals surface area contributed by atoms with Crippen LogP contribution in [0.25, 0.3) is 0 Å². The Morgan fingerprint density at radius 1 is 1.33 bits per heavy atom. The van der Waals surface area contributed by atoms with Crippen LogP contribution in [-0.2, 0) is 4.79 Å². The number of aliphatic hydroxyl groups excluding tert-OH is 1. The van der Waals surface area contributed by atoms with E-state index >= 15 is 0 Å². The summed E-state index contributed by atoms with van der Waals surface area (Å²) in [4.78, 5) is 11.3. The second-order valence-corrected chi connectivity index (χ2v) is 4.92. The number of carboxylic acid groups (broad SMARTS) is 1. The third-order valence-corrected chi connectivity index (χ3v) is 3.50. The third-order valence-electron chi connectivity index (χ3n) is 3.50. The van der Waals surface area contributed by atoms with Gasteiger partial charge in [0.05, 0.1) is 6.10 Å². The second kappa shape index (κ2) is 5.98. The van der Waals surface area contributed by atoms with Gasteiger partial charge in [0.15, 0.2) is 0 Å². The molecule has 3 unspecified atom stereocenters. The molecule has 1 aromatic rings. The molecule has 0 heterocycles. The summed E-state index contributed by atoms with van der Waals surface area (Å²) in [5, 5.41) is 21.8. The summed E-state index contributed by atoms with van der Waals surface area (Å²) in [6.07, 6.45) is 2.36. The maximum Gasteiger partial charge on any atom is 0.325 e.